The first-order chi connectivity index (χ1) is 12.7. The third-order valence-electron chi connectivity index (χ3n) is 6.88. The Hall–Kier alpha value is -1.06. The Morgan fingerprint density at radius 2 is 1.19 bits per heavy atom. The Labute approximate surface area is 159 Å². The Balaban J connectivity index is 1.31. The van der Waals surface area contributed by atoms with Crippen LogP contribution in [0.4, 0.5) is 0 Å². The van der Waals surface area contributed by atoms with Crippen molar-refractivity contribution in [3.63, 3.8) is 0 Å². The third-order valence-corrected chi connectivity index (χ3v) is 6.88. The van der Waals surface area contributed by atoms with Gasteiger partial charge in [-0.1, -0.05) is 38.5 Å². The Bertz CT molecular complexity index is 457. The lowest BCUT2D eigenvalue weighted by molar-refractivity contribution is -0.135. The molecule has 2 heterocycles. The number of piperidine rings is 1. The highest BCUT2D eigenvalue weighted by atomic mass is 16.2. The van der Waals surface area contributed by atoms with Crippen LogP contribution in [0.15, 0.2) is 0 Å². The first-order valence-electron chi connectivity index (χ1n) is 11.3. The molecule has 0 bridgehead atoms. The van der Waals surface area contributed by atoms with Crippen LogP contribution in [0.25, 0.3) is 0 Å². The highest BCUT2D eigenvalue weighted by Gasteiger charge is 2.32. The fraction of sp³-hybridized carbons (Fsp3) is 0.909. The number of unbranched alkanes of at least 4 members (excludes halogenated alkanes) is 1. The zero-order valence-electron chi connectivity index (χ0n) is 16.6. The molecule has 3 aliphatic rings. The zero-order chi connectivity index (χ0) is 18.2. The van der Waals surface area contributed by atoms with Crippen molar-refractivity contribution in [2.24, 2.45) is 11.8 Å². The van der Waals surface area contributed by atoms with E-state index < -0.39 is 0 Å². The summed E-state index contributed by atoms with van der Waals surface area (Å²) in [6.45, 7) is 3.84. The van der Waals surface area contributed by atoms with Gasteiger partial charge in [-0.15, -0.1) is 0 Å². The van der Waals surface area contributed by atoms with Gasteiger partial charge >= 0.3 is 0 Å². The Kier molecular flexibility index (Phi) is 7.82. The summed E-state index contributed by atoms with van der Waals surface area (Å²) in [5, 5.41) is 0. The van der Waals surface area contributed by atoms with Crippen molar-refractivity contribution < 1.29 is 9.59 Å². The minimum atomic E-state index is 0.308. The number of hydrogen-bond acceptors (Lipinski definition) is 2. The molecule has 1 aliphatic carbocycles. The quantitative estimate of drug-likeness (QED) is 0.681. The van der Waals surface area contributed by atoms with Gasteiger partial charge in [-0.3, -0.25) is 9.59 Å². The van der Waals surface area contributed by atoms with Gasteiger partial charge in [0, 0.05) is 39.0 Å². The molecule has 148 valence electrons. The van der Waals surface area contributed by atoms with E-state index in [-0.39, 0.29) is 0 Å². The van der Waals surface area contributed by atoms with Crippen molar-refractivity contribution in [3.05, 3.63) is 0 Å². The highest BCUT2D eigenvalue weighted by molar-refractivity contribution is 5.77. The Morgan fingerprint density at radius 1 is 0.615 bits per heavy atom. The minimum Gasteiger partial charge on any atom is -0.343 e. The average Bonchev–Trinajstić information content (AvgIpc) is 2.64. The normalized spacial score (nSPS) is 27.4. The van der Waals surface area contributed by atoms with Crippen LogP contribution in [0, 0.1) is 11.8 Å². The molecule has 4 heteroatoms. The summed E-state index contributed by atoms with van der Waals surface area (Å²) < 4.78 is 0. The molecule has 0 aromatic rings. The van der Waals surface area contributed by atoms with Gasteiger partial charge in [-0.25, -0.2) is 0 Å². The average molecular weight is 363 g/mol. The maximum Gasteiger partial charge on any atom is 0.222 e. The molecule has 0 radical (unpaired) electrons. The van der Waals surface area contributed by atoms with Gasteiger partial charge in [0.05, 0.1) is 0 Å². The van der Waals surface area contributed by atoms with Gasteiger partial charge in [0.1, 0.15) is 0 Å². The van der Waals surface area contributed by atoms with E-state index >= 15 is 0 Å². The topological polar surface area (TPSA) is 40.6 Å². The second kappa shape index (κ2) is 10.3. The molecule has 0 aromatic carbocycles. The summed E-state index contributed by atoms with van der Waals surface area (Å²) >= 11 is 0. The number of fused-ring (bicyclic) bond motifs is 1. The summed E-state index contributed by atoms with van der Waals surface area (Å²) in [6.07, 6.45) is 15.8. The molecule has 0 aromatic heterocycles. The number of hydrogen-bond donors (Lipinski definition) is 0. The monoisotopic (exact) mass is 362 g/mol. The zero-order valence-corrected chi connectivity index (χ0v) is 16.6. The molecule has 2 unspecified atom stereocenters. The molecule has 2 aliphatic heterocycles. The number of carbonyl (C=O) groups is 2. The van der Waals surface area contributed by atoms with Crippen LogP contribution < -0.4 is 0 Å². The second-order valence-corrected chi connectivity index (χ2v) is 8.79. The number of nitrogens with zero attached hydrogens (tertiary/aromatic N) is 2. The summed E-state index contributed by atoms with van der Waals surface area (Å²) in [5.41, 5.74) is 0. The van der Waals surface area contributed by atoms with E-state index in [0.29, 0.717) is 24.7 Å². The standard InChI is InChI=1S/C22H38N2O2/c25-21(23-15-8-2-1-3-9-16-23)12-6-7-13-22(26)24-17-14-19-10-4-5-11-20(19)18-24/h19-20H,1-18H2. The molecule has 26 heavy (non-hydrogen) atoms. The number of likely N-dealkylation sites (tertiary alicyclic amines) is 2. The lowest BCUT2D eigenvalue weighted by atomic mass is 9.75. The van der Waals surface area contributed by atoms with Crippen molar-refractivity contribution in [2.45, 2.75) is 89.9 Å². The molecule has 0 spiro atoms. The van der Waals surface area contributed by atoms with Crippen molar-refractivity contribution in [3.8, 4) is 0 Å². The van der Waals surface area contributed by atoms with Gasteiger partial charge in [0.15, 0.2) is 0 Å². The maximum absolute atomic E-state index is 12.5. The van der Waals surface area contributed by atoms with Gasteiger partial charge in [-0.05, 0) is 50.4 Å². The van der Waals surface area contributed by atoms with E-state index in [2.05, 4.69) is 9.80 Å². The van der Waals surface area contributed by atoms with Crippen molar-refractivity contribution in [2.75, 3.05) is 26.2 Å². The van der Waals surface area contributed by atoms with E-state index in [1.807, 2.05) is 0 Å². The summed E-state index contributed by atoms with van der Waals surface area (Å²) in [7, 11) is 0. The van der Waals surface area contributed by atoms with Gasteiger partial charge in [-0.2, -0.15) is 0 Å². The van der Waals surface area contributed by atoms with Crippen LogP contribution in [0.5, 0.6) is 0 Å². The fourth-order valence-corrected chi connectivity index (χ4v) is 5.19. The molecule has 3 rings (SSSR count). The summed E-state index contributed by atoms with van der Waals surface area (Å²) in [5.74, 6) is 2.27. The molecule has 4 nitrogen and oxygen atoms in total. The molecular weight excluding hydrogens is 324 g/mol. The number of carbonyl (C=O) groups excluding carboxylic acids is 2. The maximum atomic E-state index is 12.5. The first-order valence-corrected chi connectivity index (χ1v) is 11.3. The SMILES string of the molecule is O=C(CCCCC(=O)N1CCC2CCCCC2C1)N1CCCCCCC1. The predicted molar refractivity (Wildman–Crippen MR) is 105 cm³/mol. The van der Waals surface area contributed by atoms with E-state index in [9.17, 15) is 9.59 Å². The molecule has 2 amide bonds. The van der Waals surface area contributed by atoms with Crippen molar-refractivity contribution >= 4 is 11.8 Å². The highest BCUT2D eigenvalue weighted by Crippen LogP contribution is 2.36. The molecule has 1 saturated carbocycles. The van der Waals surface area contributed by atoms with Gasteiger partial charge in [0.25, 0.3) is 0 Å². The van der Waals surface area contributed by atoms with E-state index in [1.54, 1.807) is 0 Å². The number of amides is 2. The largest absolute Gasteiger partial charge is 0.343 e. The van der Waals surface area contributed by atoms with E-state index in [4.69, 9.17) is 0 Å². The van der Waals surface area contributed by atoms with E-state index in [1.165, 1.54) is 51.4 Å². The fourth-order valence-electron chi connectivity index (χ4n) is 5.19. The lowest BCUT2D eigenvalue weighted by Gasteiger charge is -2.41. The van der Waals surface area contributed by atoms with Crippen LogP contribution in [-0.2, 0) is 9.59 Å². The van der Waals surface area contributed by atoms with Crippen LogP contribution in [0.1, 0.15) is 89.9 Å². The van der Waals surface area contributed by atoms with Crippen molar-refractivity contribution in [1.82, 2.24) is 9.80 Å². The van der Waals surface area contributed by atoms with Crippen LogP contribution >= 0.6 is 0 Å². The molecule has 2 saturated heterocycles. The van der Waals surface area contributed by atoms with Crippen molar-refractivity contribution in [1.29, 1.82) is 0 Å². The lowest BCUT2D eigenvalue weighted by Crippen LogP contribution is -2.44. The molecular formula is C22H38N2O2. The molecule has 0 N–H and O–H groups in total. The summed E-state index contributed by atoms with van der Waals surface area (Å²) in [6, 6.07) is 0. The minimum absolute atomic E-state index is 0.308. The van der Waals surface area contributed by atoms with Crippen LogP contribution in [0.3, 0.4) is 0 Å². The van der Waals surface area contributed by atoms with Gasteiger partial charge < -0.3 is 9.80 Å². The van der Waals surface area contributed by atoms with Gasteiger partial charge in [0.2, 0.25) is 11.8 Å². The third kappa shape index (κ3) is 5.72. The van der Waals surface area contributed by atoms with Crippen LogP contribution in [0.2, 0.25) is 0 Å². The first kappa shape index (κ1) is 19.7. The smallest absolute Gasteiger partial charge is 0.222 e. The predicted octanol–water partition coefficient (Wildman–Crippen LogP) is 4.38. The van der Waals surface area contributed by atoms with Crippen LogP contribution in [-0.4, -0.2) is 47.8 Å². The summed E-state index contributed by atoms with van der Waals surface area (Å²) in [4.78, 5) is 29.1. The molecule has 2 atom stereocenters. The second-order valence-electron chi connectivity index (χ2n) is 8.79. The number of rotatable bonds is 5. The Morgan fingerprint density at radius 3 is 1.88 bits per heavy atom. The molecule has 3 fully saturated rings. The van der Waals surface area contributed by atoms with E-state index in [0.717, 1.165) is 63.7 Å².